The molecular formula is C21H20N2O4. The number of para-hydroxylation sites is 2. The maximum Gasteiger partial charge on any atom is 0.331 e. The summed E-state index contributed by atoms with van der Waals surface area (Å²) < 4.78 is 10.7. The third-order valence-corrected chi connectivity index (χ3v) is 3.95. The molecule has 0 radical (unpaired) electrons. The number of nitrogens with zero attached hydrogens (tertiary/aromatic N) is 2. The molecule has 0 bridgehead atoms. The molecule has 0 N–H and O–H groups in total. The van der Waals surface area contributed by atoms with Crippen molar-refractivity contribution >= 4 is 29.1 Å². The Bertz CT molecular complexity index is 929. The van der Waals surface area contributed by atoms with Crippen molar-refractivity contribution in [2.75, 3.05) is 7.05 Å². The SMILES string of the molecule is CC(OC(=O)/C=C/c1nc2ccccc2o1)C(=O)N(C)Cc1ccccc1. The van der Waals surface area contributed by atoms with E-state index in [2.05, 4.69) is 4.98 Å². The second-order valence-corrected chi connectivity index (χ2v) is 6.11. The molecule has 1 unspecified atom stereocenters. The normalized spacial score (nSPS) is 12.2. The van der Waals surface area contributed by atoms with Gasteiger partial charge < -0.3 is 14.1 Å². The lowest BCUT2D eigenvalue weighted by Crippen LogP contribution is -2.36. The van der Waals surface area contributed by atoms with Crippen molar-refractivity contribution in [2.45, 2.75) is 19.6 Å². The van der Waals surface area contributed by atoms with Crippen LogP contribution in [-0.4, -0.2) is 34.9 Å². The fourth-order valence-electron chi connectivity index (χ4n) is 2.61. The first-order valence-electron chi connectivity index (χ1n) is 8.56. The zero-order valence-corrected chi connectivity index (χ0v) is 15.2. The molecule has 6 heteroatoms. The number of carbonyl (C=O) groups is 2. The maximum absolute atomic E-state index is 12.4. The summed E-state index contributed by atoms with van der Waals surface area (Å²) in [6.07, 6.45) is 1.73. The molecule has 138 valence electrons. The minimum Gasteiger partial charge on any atom is -0.449 e. The molecule has 1 amide bonds. The molecule has 0 saturated carbocycles. The fourth-order valence-corrected chi connectivity index (χ4v) is 2.61. The monoisotopic (exact) mass is 364 g/mol. The van der Waals surface area contributed by atoms with Crippen LogP contribution in [0.3, 0.4) is 0 Å². The van der Waals surface area contributed by atoms with Gasteiger partial charge in [0, 0.05) is 25.7 Å². The zero-order valence-electron chi connectivity index (χ0n) is 15.2. The quantitative estimate of drug-likeness (QED) is 0.495. The van der Waals surface area contributed by atoms with E-state index >= 15 is 0 Å². The Morgan fingerprint density at radius 3 is 2.59 bits per heavy atom. The van der Waals surface area contributed by atoms with E-state index in [1.165, 1.54) is 17.1 Å². The number of likely N-dealkylation sites (N-methyl/N-ethyl adjacent to an activating group) is 1. The Labute approximate surface area is 157 Å². The van der Waals surface area contributed by atoms with Crippen LogP contribution in [0.15, 0.2) is 65.1 Å². The van der Waals surface area contributed by atoms with Gasteiger partial charge >= 0.3 is 5.97 Å². The zero-order chi connectivity index (χ0) is 19.2. The van der Waals surface area contributed by atoms with Gasteiger partial charge in [-0.15, -0.1) is 0 Å². The van der Waals surface area contributed by atoms with Gasteiger partial charge in [0.25, 0.3) is 5.91 Å². The van der Waals surface area contributed by atoms with Crippen molar-refractivity contribution in [1.82, 2.24) is 9.88 Å². The lowest BCUT2D eigenvalue weighted by Gasteiger charge is -2.21. The minimum absolute atomic E-state index is 0.275. The molecule has 1 aromatic heterocycles. The van der Waals surface area contributed by atoms with Crippen molar-refractivity contribution in [3.63, 3.8) is 0 Å². The summed E-state index contributed by atoms with van der Waals surface area (Å²) in [4.78, 5) is 30.1. The Morgan fingerprint density at radius 1 is 1.15 bits per heavy atom. The molecule has 1 atom stereocenters. The minimum atomic E-state index is -0.889. The van der Waals surface area contributed by atoms with Crippen molar-refractivity contribution in [3.8, 4) is 0 Å². The maximum atomic E-state index is 12.4. The lowest BCUT2D eigenvalue weighted by atomic mass is 10.2. The summed E-state index contributed by atoms with van der Waals surface area (Å²) in [7, 11) is 1.67. The molecule has 0 spiro atoms. The number of rotatable bonds is 6. The van der Waals surface area contributed by atoms with Gasteiger partial charge in [0.05, 0.1) is 0 Å². The average molecular weight is 364 g/mol. The van der Waals surface area contributed by atoms with Crippen molar-refractivity contribution in [2.24, 2.45) is 0 Å². The molecule has 27 heavy (non-hydrogen) atoms. The fraction of sp³-hybridized carbons (Fsp3) is 0.190. The molecule has 0 aliphatic rings. The molecule has 3 aromatic rings. The first-order chi connectivity index (χ1) is 13.0. The number of aromatic nitrogens is 1. The summed E-state index contributed by atoms with van der Waals surface area (Å²) in [5, 5.41) is 0. The van der Waals surface area contributed by atoms with E-state index in [1.807, 2.05) is 48.5 Å². The number of benzene rings is 2. The van der Waals surface area contributed by atoms with Gasteiger partial charge in [-0.2, -0.15) is 0 Å². The molecule has 2 aromatic carbocycles. The Balaban J connectivity index is 1.55. The van der Waals surface area contributed by atoms with E-state index in [-0.39, 0.29) is 5.91 Å². The highest BCUT2D eigenvalue weighted by Gasteiger charge is 2.20. The van der Waals surface area contributed by atoms with E-state index in [4.69, 9.17) is 9.15 Å². The topological polar surface area (TPSA) is 72.6 Å². The summed E-state index contributed by atoms with van der Waals surface area (Å²) in [5.74, 6) is -0.609. The van der Waals surface area contributed by atoms with Crippen LogP contribution >= 0.6 is 0 Å². The number of hydrogen-bond acceptors (Lipinski definition) is 5. The Kier molecular flexibility index (Phi) is 5.66. The van der Waals surface area contributed by atoms with Crippen LogP contribution in [0.2, 0.25) is 0 Å². The van der Waals surface area contributed by atoms with Crippen LogP contribution in [0.25, 0.3) is 17.2 Å². The number of oxazole rings is 1. The molecule has 1 heterocycles. The first kappa shape index (κ1) is 18.4. The predicted molar refractivity (Wildman–Crippen MR) is 102 cm³/mol. The molecule has 6 nitrogen and oxygen atoms in total. The van der Waals surface area contributed by atoms with Crippen LogP contribution < -0.4 is 0 Å². The number of esters is 1. The Hall–Kier alpha value is -3.41. The van der Waals surface area contributed by atoms with E-state index < -0.39 is 12.1 Å². The predicted octanol–water partition coefficient (Wildman–Crippen LogP) is 3.43. The van der Waals surface area contributed by atoms with E-state index in [0.29, 0.717) is 23.5 Å². The molecule has 0 aliphatic heterocycles. The van der Waals surface area contributed by atoms with Gasteiger partial charge in [-0.3, -0.25) is 4.79 Å². The number of ether oxygens (including phenoxy) is 1. The van der Waals surface area contributed by atoms with Gasteiger partial charge in [0.2, 0.25) is 5.89 Å². The largest absolute Gasteiger partial charge is 0.449 e. The van der Waals surface area contributed by atoms with Crippen molar-refractivity contribution in [3.05, 3.63) is 72.1 Å². The highest BCUT2D eigenvalue weighted by atomic mass is 16.5. The van der Waals surface area contributed by atoms with Crippen LogP contribution in [0, 0.1) is 0 Å². The summed E-state index contributed by atoms with van der Waals surface area (Å²) in [6.45, 7) is 2.00. The molecule has 0 aliphatic carbocycles. The third kappa shape index (κ3) is 4.82. The first-order valence-corrected chi connectivity index (χ1v) is 8.56. The number of amides is 1. The standard InChI is InChI=1S/C21H20N2O4/c1-15(21(25)23(2)14-16-8-4-3-5-9-16)26-20(24)13-12-19-22-17-10-6-7-11-18(17)27-19/h3-13,15H,14H2,1-2H3/b13-12+. The second kappa shape index (κ2) is 8.31. The van der Waals surface area contributed by atoms with Crippen LogP contribution in [0.1, 0.15) is 18.4 Å². The van der Waals surface area contributed by atoms with E-state index in [9.17, 15) is 9.59 Å². The lowest BCUT2D eigenvalue weighted by molar-refractivity contribution is -0.154. The molecule has 3 rings (SSSR count). The van der Waals surface area contributed by atoms with Gasteiger partial charge in [0.1, 0.15) is 5.52 Å². The summed E-state index contributed by atoms with van der Waals surface area (Å²) >= 11 is 0. The number of carbonyl (C=O) groups excluding carboxylic acids is 2. The van der Waals surface area contributed by atoms with Gasteiger partial charge in [-0.1, -0.05) is 42.5 Å². The van der Waals surface area contributed by atoms with Crippen molar-refractivity contribution < 1.29 is 18.7 Å². The van der Waals surface area contributed by atoms with Crippen LogP contribution in [0.4, 0.5) is 0 Å². The molecule has 0 fully saturated rings. The highest BCUT2D eigenvalue weighted by molar-refractivity contribution is 5.90. The van der Waals surface area contributed by atoms with Gasteiger partial charge in [-0.05, 0) is 24.6 Å². The van der Waals surface area contributed by atoms with Crippen LogP contribution in [-0.2, 0) is 20.9 Å². The average Bonchev–Trinajstić information content (AvgIpc) is 3.09. The summed E-state index contributed by atoms with van der Waals surface area (Å²) in [5.41, 5.74) is 2.34. The second-order valence-electron chi connectivity index (χ2n) is 6.11. The van der Waals surface area contributed by atoms with Gasteiger partial charge in [-0.25, -0.2) is 9.78 Å². The van der Waals surface area contributed by atoms with Gasteiger partial charge in [0.15, 0.2) is 11.7 Å². The van der Waals surface area contributed by atoms with E-state index in [1.54, 1.807) is 20.0 Å². The highest BCUT2D eigenvalue weighted by Crippen LogP contribution is 2.15. The third-order valence-electron chi connectivity index (χ3n) is 3.95. The molecule has 0 saturated heterocycles. The van der Waals surface area contributed by atoms with E-state index in [0.717, 1.165) is 5.56 Å². The molecular weight excluding hydrogens is 344 g/mol. The Morgan fingerprint density at radius 2 is 1.85 bits per heavy atom. The van der Waals surface area contributed by atoms with Crippen molar-refractivity contribution in [1.29, 1.82) is 0 Å². The summed E-state index contributed by atoms with van der Waals surface area (Å²) in [6, 6.07) is 16.9. The number of fused-ring (bicyclic) bond motifs is 1. The number of hydrogen-bond donors (Lipinski definition) is 0. The van der Waals surface area contributed by atoms with Crippen LogP contribution in [0.5, 0.6) is 0 Å². The smallest absolute Gasteiger partial charge is 0.331 e.